The molecule has 3 heterocycles. The van der Waals surface area contributed by atoms with Crippen LogP contribution in [0.25, 0.3) is 0 Å². The normalized spacial score (nSPS) is 51.1. The van der Waals surface area contributed by atoms with E-state index in [-0.39, 0.29) is 59.9 Å². The monoisotopic (exact) mass is 520 g/mol. The summed E-state index contributed by atoms with van der Waals surface area (Å²) >= 11 is 5.72. The van der Waals surface area contributed by atoms with E-state index >= 15 is 0 Å². The lowest BCUT2D eigenvalue weighted by Crippen LogP contribution is -2.60. The van der Waals surface area contributed by atoms with Gasteiger partial charge in [0.25, 0.3) is 0 Å². The van der Waals surface area contributed by atoms with Crippen LogP contribution in [0.3, 0.4) is 0 Å². The minimum atomic E-state index is -0.784. The van der Waals surface area contributed by atoms with Crippen LogP contribution in [0, 0.1) is 29.6 Å². The van der Waals surface area contributed by atoms with Gasteiger partial charge in [-0.05, 0) is 51.4 Å². The topological polar surface area (TPSA) is 92.7 Å². The van der Waals surface area contributed by atoms with Gasteiger partial charge in [-0.3, -0.25) is 4.79 Å². The molecule has 3 saturated heterocycles. The van der Waals surface area contributed by atoms with E-state index in [1.54, 1.807) is 0 Å². The Hall–Kier alpha value is -0.480. The van der Waals surface area contributed by atoms with Crippen molar-refractivity contribution in [3.05, 3.63) is 0 Å². The Kier molecular flexibility index (Phi) is 9.91. The van der Waals surface area contributed by atoms with E-state index in [1.807, 2.05) is 41.5 Å². The van der Waals surface area contributed by atoms with E-state index in [0.29, 0.717) is 0 Å². The number of halogens is 1. The van der Waals surface area contributed by atoms with Gasteiger partial charge in [-0.2, -0.15) is 0 Å². The molecule has 3 rings (SSSR count). The van der Waals surface area contributed by atoms with E-state index in [2.05, 4.69) is 20.8 Å². The summed E-state index contributed by atoms with van der Waals surface area (Å²) in [6, 6.07) is 0. The summed E-state index contributed by atoms with van der Waals surface area (Å²) in [7, 11) is 0. The molecule has 204 valence electrons. The Morgan fingerprint density at radius 3 is 1.77 bits per heavy atom. The quantitative estimate of drug-likeness (QED) is 0.418. The number of hydrogen-bond donors (Lipinski definition) is 1. The first-order chi connectivity index (χ1) is 16.4. The highest BCUT2D eigenvalue weighted by Gasteiger charge is 2.50. The van der Waals surface area contributed by atoms with Gasteiger partial charge in [0.2, 0.25) is 0 Å². The van der Waals surface area contributed by atoms with Gasteiger partial charge in [0.05, 0.1) is 24.4 Å². The molecule has 0 aromatic heterocycles. The summed E-state index contributed by atoms with van der Waals surface area (Å²) in [6.45, 7) is 18.2. The maximum absolute atomic E-state index is 12.1. The molecule has 0 aromatic rings. The van der Waals surface area contributed by atoms with Crippen LogP contribution in [0.5, 0.6) is 0 Å². The second-order valence-electron chi connectivity index (χ2n) is 11.0. The highest BCUT2D eigenvalue weighted by atomic mass is 35.5. The number of aliphatic hydroxyl groups excluding tert-OH is 1. The molecule has 0 bridgehead atoms. The number of esters is 1. The van der Waals surface area contributed by atoms with Crippen LogP contribution >= 0.6 is 11.6 Å². The predicted molar refractivity (Wildman–Crippen MR) is 131 cm³/mol. The number of hydrogen-bond acceptors (Lipinski definition) is 8. The van der Waals surface area contributed by atoms with E-state index in [0.717, 1.165) is 0 Å². The van der Waals surface area contributed by atoms with Crippen molar-refractivity contribution in [2.45, 2.75) is 124 Å². The van der Waals surface area contributed by atoms with Crippen LogP contribution in [-0.4, -0.2) is 78.4 Å². The minimum Gasteiger partial charge on any atom is -0.456 e. The average Bonchev–Trinajstić information content (AvgIpc) is 2.82. The molecule has 0 saturated carbocycles. The van der Waals surface area contributed by atoms with Crippen LogP contribution in [0.4, 0.5) is 0 Å². The standard InChI is InChI=1S/C26H45ClO8/c1-11-13(3)21(29)25(31-16(11)6)35-23-14(4)12(2)17(7)32-26(23)34-22-15(5)18(8)30-19(9)24(22)33-20(28)10-27/h11-19,21-26,29H,10H2,1-9H3/t11-,12-,13+,14+,15+,16?,17?,18?,19+,21?,22+,23?,24?,25+,26+/m1/s1. The first kappa shape index (κ1) is 29.1. The summed E-state index contributed by atoms with van der Waals surface area (Å²) in [6.07, 6.45) is -4.50. The molecule has 0 aromatic carbocycles. The van der Waals surface area contributed by atoms with Gasteiger partial charge in [0.1, 0.15) is 24.2 Å². The van der Waals surface area contributed by atoms with Crippen molar-refractivity contribution in [2.75, 3.05) is 5.88 Å². The number of carbonyl (C=O) groups is 1. The van der Waals surface area contributed by atoms with Crippen molar-refractivity contribution in [1.29, 1.82) is 0 Å². The second kappa shape index (κ2) is 11.9. The van der Waals surface area contributed by atoms with Gasteiger partial charge < -0.3 is 33.5 Å². The molecule has 35 heavy (non-hydrogen) atoms. The highest BCUT2D eigenvalue weighted by molar-refractivity contribution is 6.26. The maximum Gasteiger partial charge on any atom is 0.321 e. The van der Waals surface area contributed by atoms with Crippen LogP contribution in [0.15, 0.2) is 0 Å². The van der Waals surface area contributed by atoms with Crippen LogP contribution in [0.1, 0.15) is 62.3 Å². The number of ether oxygens (including phenoxy) is 6. The molecule has 0 aliphatic carbocycles. The van der Waals surface area contributed by atoms with Crippen LogP contribution in [0.2, 0.25) is 0 Å². The Labute approximate surface area is 215 Å². The molecule has 6 unspecified atom stereocenters. The lowest BCUT2D eigenvalue weighted by Gasteiger charge is -2.50. The Morgan fingerprint density at radius 2 is 1.17 bits per heavy atom. The number of rotatable bonds is 6. The van der Waals surface area contributed by atoms with Gasteiger partial charge in [-0.25, -0.2) is 0 Å². The molecule has 3 fully saturated rings. The lowest BCUT2D eigenvalue weighted by molar-refractivity contribution is -0.359. The first-order valence-electron chi connectivity index (χ1n) is 13.1. The van der Waals surface area contributed by atoms with Crippen LogP contribution < -0.4 is 0 Å². The molecular formula is C26H45ClO8. The third-order valence-corrected chi connectivity index (χ3v) is 9.09. The number of carbonyl (C=O) groups excluding carboxylic acids is 1. The summed E-state index contributed by atoms with van der Waals surface area (Å²) in [5, 5.41) is 10.9. The third kappa shape index (κ3) is 6.16. The molecule has 1 N–H and O–H groups in total. The predicted octanol–water partition coefficient (Wildman–Crippen LogP) is 3.75. The van der Waals surface area contributed by atoms with Crippen molar-refractivity contribution in [3.63, 3.8) is 0 Å². The third-order valence-electron chi connectivity index (χ3n) is 8.87. The zero-order valence-corrected chi connectivity index (χ0v) is 23.3. The molecule has 0 radical (unpaired) electrons. The Balaban J connectivity index is 1.85. The van der Waals surface area contributed by atoms with Crippen molar-refractivity contribution in [1.82, 2.24) is 0 Å². The van der Waals surface area contributed by atoms with Gasteiger partial charge in [0, 0.05) is 5.92 Å². The fraction of sp³-hybridized carbons (Fsp3) is 0.962. The van der Waals surface area contributed by atoms with E-state index < -0.39 is 43.0 Å². The molecule has 3 aliphatic rings. The fourth-order valence-corrected chi connectivity index (χ4v) is 5.49. The van der Waals surface area contributed by atoms with Gasteiger partial charge in [-0.1, -0.05) is 34.6 Å². The number of alkyl halides is 1. The first-order valence-corrected chi connectivity index (χ1v) is 13.6. The SMILES string of the molecule is CC1O[C@@H](OC2[C@H](O[C@@H]3C(OC(=O)CCl)[C@H](C)OC(C)[C@@H]3C)OC(C)[C@H](C)[C@@H]2C)C(O)[C@@H](C)[C@H]1C. The minimum absolute atomic E-state index is 0.0239. The van der Waals surface area contributed by atoms with Gasteiger partial charge in [-0.15, -0.1) is 11.6 Å². The fourth-order valence-electron chi connectivity index (χ4n) is 5.43. The molecule has 15 atom stereocenters. The maximum atomic E-state index is 12.1. The summed E-state index contributed by atoms with van der Waals surface area (Å²) in [5.41, 5.74) is 0. The molecule has 9 heteroatoms. The largest absolute Gasteiger partial charge is 0.456 e. The van der Waals surface area contributed by atoms with Gasteiger partial charge >= 0.3 is 5.97 Å². The Morgan fingerprint density at radius 1 is 0.657 bits per heavy atom. The lowest BCUT2D eigenvalue weighted by atomic mass is 9.82. The average molecular weight is 521 g/mol. The molecular weight excluding hydrogens is 476 g/mol. The van der Waals surface area contributed by atoms with Crippen molar-refractivity contribution < 1.29 is 38.3 Å². The van der Waals surface area contributed by atoms with Crippen LogP contribution in [-0.2, 0) is 33.2 Å². The van der Waals surface area contributed by atoms with E-state index in [9.17, 15) is 9.90 Å². The second-order valence-corrected chi connectivity index (χ2v) is 11.3. The molecule has 0 spiro atoms. The van der Waals surface area contributed by atoms with E-state index in [4.69, 9.17) is 40.0 Å². The van der Waals surface area contributed by atoms with Crippen molar-refractivity contribution >= 4 is 17.6 Å². The van der Waals surface area contributed by atoms with Crippen molar-refractivity contribution in [3.8, 4) is 0 Å². The van der Waals surface area contributed by atoms with Crippen molar-refractivity contribution in [2.24, 2.45) is 29.6 Å². The highest BCUT2D eigenvalue weighted by Crippen LogP contribution is 2.40. The molecule has 8 nitrogen and oxygen atoms in total. The smallest absolute Gasteiger partial charge is 0.321 e. The summed E-state index contributed by atoms with van der Waals surface area (Å²) in [5.74, 6) is -0.349. The number of aliphatic hydroxyl groups is 1. The zero-order chi connectivity index (χ0) is 26.2. The summed E-state index contributed by atoms with van der Waals surface area (Å²) < 4.78 is 37.2. The van der Waals surface area contributed by atoms with E-state index in [1.165, 1.54) is 0 Å². The molecule has 3 aliphatic heterocycles. The zero-order valence-electron chi connectivity index (χ0n) is 22.6. The molecule has 0 amide bonds. The van der Waals surface area contributed by atoms with Gasteiger partial charge in [0.15, 0.2) is 18.7 Å². The summed E-state index contributed by atoms with van der Waals surface area (Å²) in [4.78, 5) is 12.1. The Bertz CT molecular complexity index is 709.